The second kappa shape index (κ2) is 7.47. The van der Waals surface area contributed by atoms with Crippen molar-refractivity contribution in [3.63, 3.8) is 0 Å². The number of aliphatic hydroxyl groups is 1. The van der Waals surface area contributed by atoms with Gasteiger partial charge in [-0.3, -0.25) is 0 Å². The maximum atomic E-state index is 12.8. The molecule has 0 heterocycles. The number of carbonyl (C=O) groups is 1. The van der Waals surface area contributed by atoms with E-state index in [1.165, 1.54) is 0 Å². The van der Waals surface area contributed by atoms with Gasteiger partial charge in [0.15, 0.2) is 12.5 Å². The van der Waals surface area contributed by atoms with E-state index < -0.39 is 36.2 Å². The molecule has 0 aliphatic heterocycles. The highest BCUT2D eigenvalue weighted by atomic mass is 19.4. The SMILES string of the molecule is CC(C)(CCCC(O)(C(F)F)C(F)(F)F)CCC(F)C=O. The zero-order chi connectivity index (χ0) is 16.9. The molecule has 0 bridgehead atoms. The van der Waals surface area contributed by atoms with Crippen LogP contribution in [0.4, 0.5) is 26.3 Å². The Bertz CT molecular complexity index is 329. The molecule has 0 aliphatic rings. The van der Waals surface area contributed by atoms with E-state index in [1.807, 2.05) is 0 Å². The molecule has 0 rings (SSSR count). The molecule has 0 radical (unpaired) electrons. The lowest BCUT2D eigenvalue weighted by atomic mass is 9.80. The Labute approximate surface area is 119 Å². The van der Waals surface area contributed by atoms with Gasteiger partial charge in [0.05, 0.1) is 0 Å². The summed E-state index contributed by atoms with van der Waals surface area (Å²) in [5, 5.41) is 9.10. The molecule has 21 heavy (non-hydrogen) atoms. The zero-order valence-electron chi connectivity index (χ0n) is 11.9. The summed E-state index contributed by atoms with van der Waals surface area (Å²) in [6.07, 6.45) is -12.0. The van der Waals surface area contributed by atoms with Crippen LogP contribution in [-0.2, 0) is 4.79 Å². The molecule has 1 N–H and O–H groups in total. The van der Waals surface area contributed by atoms with E-state index in [1.54, 1.807) is 13.8 Å². The lowest BCUT2D eigenvalue weighted by Crippen LogP contribution is -2.51. The lowest BCUT2D eigenvalue weighted by Gasteiger charge is -2.31. The van der Waals surface area contributed by atoms with Crippen LogP contribution >= 0.6 is 0 Å². The molecule has 0 spiro atoms. The number of rotatable bonds is 9. The number of hydrogen-bond acceptors (Lipinski definition) is 2. The van der Waals surface area contributed by atoms with Gasteiger partial charge in [0, 0.05) is 0 Å². The molecule has 2 atom stereocenters. The van der Waals surface area contributed by atoms with Crippen molar-refractivity contribution in [3.05, 3.63) is 0 Å². The van der Waals surface area contributed by atoms with Gasteiger partial charge in [-0.15, -0.1) is 0 Å². The summed E-state index contributed by atoms with van der Waals surface area (Å²) < 4.78 is 75.0. The first-order valence-electron chi connectivity index (χ1n) is 6.52. The minimum Gasteiger partial charge on any atom is -0.376 e. The summed E-state index contributed by atoms with van der Waals surface area (Å²) in [4.78, 5) is 10.1. The highest BCUT2D eigenvalue weighted by molar-refractivity contribution is 5.55. The molecule has 0 aromatic heterocycles. The standard InChI is InChI=1S/C13H20F6O2/c1-11(2,7-4-9(14)8-20)5-3-6-12(21,10(15)16)13(17,18)19/h8-10,21H,3-7H2,1-2H3. The van der Waals surface area contributed by atoms with Crippen LogP contribution in [0.5, 0.6) is 0 Å². The van der Waals surface area contributed by atoms with Crippen molar-refractivity contribution in [2.24, 2.45) is 5.41 Å². The molecule has 0 aromatic carbocycles. The summed E-state index contributed by atoms with van der Waals surface area (Å²) in [6.45, 7) is 3.28. The van der Waals surface area contributed by atoms with E-state index in [4.69, 9.17) is 5.11 Å². The maximum Gasteiger partial charge on any atom is 0.422 e. The van der Waals surface area contributed by atoms with Gasteiger partial charge in [-0.05, 0) is 37.5 Å². The largest absolute Gasteiger partial charge is 0.422 e. The van der Waals surface area contributed by atoms with Gasteiger partial charge < -0.3 is 9.90 Å². The molecule has 126 valence electrons. The molecular weight excluding hydrogens is 302 g/mol. The van der Waals surface area contributed by atoms with Gasteiger partial charge in [-0.25, -0.2) is 13.2 Å². The van der Waals surface area contributed by atoms with Crippen LogP contribution in [0.2, 0.25) is 0 Å². The van der Waals surface area contributed by atoms with Gasteiger partial charge in [-0.2, -0.15) is 13.2 Å². The van der Waals surface area contributed by atoms with E-state index in [0.717, 1.165) is 0 Å². The summed E-state index contributed by atoms with van der Waals surface area (Å²) in [7, 11) is 0. The Kier molecular flexibility index (Phi) is 7.19. The minimum absolute atomic E-state index is 0.0745. The first-order valence-corrected chi connectivity index (χ1v) is 6.52. The molecule has 2 unspecified atom stereocenters. The summed E-state index contributed by atoms with van der Waals surface area (Å²) in [5.41, 5.74) is -4.63. The molecular formula is C13H20F6O2. The molecule has 0 amide bonds. The van der Waals surface area contributed by atoms with E-state index >= 15 is 0 Å². The third-order valence-electron chi connectivity index (χ3n) is 3.51. The van der Waals surface area contributed by atoms with Crippen molar-refractivity contribution in [1.82, 2.24) is 0 Å². The molecule has 0 saturated carbocycles. The Balaban J connectivity index is 4.47. The van der Waals surface area contributed by atoms with Crippen LogP contribution in [0.15, 0.2) is 0 Å². The average Bonchev–Trinajstić information content (AvgIpc) is 2.33. The highest BCUT2D eigenvalue weighted by Crippen LogP contribution is 2.40. The Hall–Kier alpha value is -0.790. The fourth-order valence-corrected chi connectivity index (χ4v) is 1.93. The van der Waals surface area contributed by atoms with Gasteiger partial charge in [0.1, 0.15) is 0 Å². The predicted molar refractivity (Wildman–Crippen MR) is 64.8 cm³/mol. The summed E-state index contributed by atoms with van der Waals surface area (Å²) >= 11 is 0. The Morgan fingerprint density at radius 1 is 1.05 bits per heavy atom. The van der Waals surface area contributed by atoms with Gasteiger partial charge in [-0.1, -0.05) is 13.8 Å². The molecule has 0 aromatic rings. The monoisotopic (exact) mass is 322 g/mol. The van der Waals surface area contributed by atoms with Gasteiger partial charge in [0.25, 0.3) is 6.43 Å². The van der Waals surface area contributed by atoms with Crippen molar-refractivity contribution in [1.29, 1.82) is 0 Å². The van der Waals surface area contributed by atoms with Crippen molar-refractivity contribution in [2.45, 2.75) is 70.3 Å². The number of carbonyl (C=O) groups excluding carboxylic acids is 1. The third kappa shape index (κ3) is 6.23. The van der Waals surface area contributed by atoms with E-state index in [9.17, 15) is 31.1 Å². The van der Waals surface area contributed by atoms with Crippen molar-refractivity contribution >= 4 is 6.29 Å². The normalized spacial score (nSPS) is 17.6. The number of hydrogen-bond donors (Lipinski definition) is 1. The smallest absolute Gasteiger partial charge is 0.376 e. The number of halogens is 6. The molecule has 0 saturated heterocycles. The minimum atomic E-state index is -5.41. The van der Waals surface area contributed by atoms with E-state index in [0.29, 0.717) is 0 Å². The molecule has 0 fully saturated rings. The van der Waals surface area contributed by atoms with Crippen molar-refractivity contribution in [2.75, 3.05) is 0 Å². The first-order chi connectivity index (χ1) is 9.35. The van der Waals surface area contributed by atoms with Crippen molar-refractivity contribution in [3.8, 4) is 0 Å². The van der Waals surface area contributed by atoms with Crippen LogP contribution in [0.25, 0.3) is 0 Å². The average molecular weight is 322 g/mol. The van der Waals surface area contributed by atoms with Crippen LogP contribution in [0.3, 0.4) is 0 Å². The Morgan fingerprint density at radius 2 is 1.57 bits per heavy atom. The van der Waals surface area contributed by atoms with Crippen LogP contribution in [0, 0.1) is 5.41 Å². The highest BCUT2D eigenvalue weighted by Gasteiger charge is 2.59. The van der Waals surface area contributed by atoms with Crippen molar-refractivity contribution < 1.29 is 36.2 Å². The lowest BCUT2D eigenvalue weighted by molar-refractivity contribution is -0.300. The first kappa shape index (κ1) is 20.2. The fourth-order valence-electron chi connectivity index (χ4n) is 1.93. The second-order valence-corrected chi connectivity index (χ2v) is 5.93. The summed E-state index contributed by atoms with van der Waals surface area (Å²) in [5.74, 6) is 0. The summed E-state index contributed by atoms with van der Waals surface area (Å²) in [6, 6.07) is 0. The predicted octanol–water partition coefficient (Wildman–Crippen LogP) is 4.06. The van der Waals surface area contributed by atoms with E-state index in [-0.39, 0.29) is 32.0 Å². The van der Waals surface area contributed by atoms with Gasteiger partial charge >= 0.3 is 6.18 Å². The maximum absolute atomic E-state index is 12.8. The molecule has 0 aliphatic carbocycles. The topological polar surface area (TPSA) is 37.3 Å². The number of aldehydes is 1. The van der Waals surface area contributed by atoms with E-state index in [2.05, 4.69) is 0 Å². The quantitative estimate of drug-likeness (QED) is 0.513. The Morgan fingerprint density at radius 3 is 1.95 bits per heavy atom. The zero-order valence-corrected chi connectivity index (χ0v) is 11.9. The van der Waals surface area contributed by atoms with Crippen LogP contribution in [-0.4, -0.2) is 35.8 Å². The number of alkyl halides is 6. The van der Waals surface area contributed by atoms with Crippen LogP contribution in [0.1, 0.15) is 46.0 Å². The second-order valence-electron chi connectivity index (χ2n) is 5.93. The molecule has 8 heteroatoms. The molecule has 2 nitrogen and oxygen atoms in total. The third-order valence-corrected chi connectivity index (χ3v) is 3.51. The fraction of sp³-hybridized carbons (Fsp3) is 0.923. The van der Waals surface area contributed by atoms with Crippen LogP contribution < -0.4 is 0 Å². The van der Waals surface area contributed by atoms with Gasteiger partial charge in [0.2, 0.25) is 5.60 Å².